The van der Waals surface area contributed by atoms with Gasteiger partial charge in [-0.15, -0.1) is 0 Å². The van der Waals surface area contributed by atoms with Gasteiger partial charge in [-0.25, -0.2) is 0 Å². The predicted octanol–water partition coefficient (Wildman–Crippen LogP) is 3.48. The molecule has 7 heteroatoms. The van der Waals surface area contributed by atoms with Gasteiger partial charge in [-0.2, -0.15) is 0 Å². The van der Waals surface area contributed by atoms with Gasteiger partial charge < -0.3 is 29.5 Å². The zero-order chi connectivity index (χ0) is 26.1. The Morgan fingerprint density at radius 1 is 1.11 bits per heavy atom. The van der Waals surface area contributed by atoms with Gasteiger partial charge in [-0.05, 0) is 76.0 Å². The van der Waals surface area contributed by atoms with Crippen LogP contribution in [-0.2, 0) is 19.0 Å². The van der Waals surface area contributed by atoms with Crippen LogP contribution in [0.25, 0.3) is 0 Å². The van der Waals surface area contributed by atoms with Crippen molar-refractivity contribution in [2.24, 2.45) is 34.5 Å². The molecule has 2 heterocycles. The summed E-state index contributed by atoms with van der Waals surface area (Å²) in [6.07, 6.45) is 8.28. The lowest BCUT2D eigenvalue weighted by molar-refractivity contribution is -0.384. The minimum atomic E-state index is -1.26. The van der Waals surface area contributed by atoms with E-state index in [1.165, 1.54) is 6.92 Å². The Bertz CT molecular complexity index is 989. The zero-order valence-corrected chi connectivity index (χ0v) is 22.6. The lowest BCUT2D eigenvalue weighted by Crippen LogP contribution is -2.64. The van der Waals surface area contributed by atoms with Crippen molar-refractivity contribution in [1.29, 1.82) is 0 Å². The van der Waals surface area contributed by atoms with Crippen LogP contribution in [0.1, 0.15) is 86.5 Å². The monoisotopic (exact) mass is 504 g/mol. The highest BCUT2D eigenvalue weighted by Gasteiger charge is 2.76. The van der Waals surface area contributed by atoms with Crippen LogP contribution in [0.4, 0.5) is 0 Å². The maximum absolute atomic E-state index is 12.1. The van der Waals surface area contributed by atoms with E-state index in [9.17, 15) is 20.1 Å². The van der Waals surface area contributed by atoms with E-state index in [1.54, 1.807) is 13.8 Å². The van der Waals surface area contributed by atoms with Gasteiger partial charge in [0.2, 0.25) is 5.79 Å². The van der Waals surface area contributed by atoms with Crippen LogP contribution in [0, 0.1) is 34.5 Å². The summed E-state index contributed by atoms with van der Waals surface area (Å²) in [6, 6.07) is 0. The third-order valence-corrected chi connectivity index (χ3v) is 12.0. The van der Waals surface area contributed by atoms with Crippen molar-refractivity contribution >= 4 is 5.97 Å². The van der Waals surface area contributed by atoms with Crippen molar-refractivity contribution in [1.82, 2.24) is 0 Å². The average Bonchev–Trinajstić information content (AvgIpc) is 3.17. The van der Waals surface area contributed by atoms with E-state index in [-0.39, 0.29) is 28.8 Å². The highest BCUT2D eigenvalue weighted by atomic mass is 16.8. The van der Waals surface area contributed by atoms with Gasteiger partial charge in [0.05, 0.1) is 17.8 Å². The Labute approximate surface area is 214 Å². The summed E-state index contributed by atoms with van der Waals surface area (Å²) in [5, 5.41) is 33.2. The molecule has 0 radical (unpaired) electrons. The van der Waals surface area contributed by atoms with Crippen LogP contribution < -0.4 is 0 Å². The lowest BCUT2D eigenvalue weighted by atomic mass is 9.45. The average molecular weight is 505 g/mol. The molecular weight excluding hydrogens is 460 g/mol. The molecule has 3 saturated carbocycles. The molecule has 4 aliphatic carbocycles. The first kappa shape index (κ1) is 25.3. The molecule has 2 bridgehead atoms. The highest BCUT2D eigenvalue weighted by Crippen LogP contribution is 2.72. The third kappa shape index (κ3) is 3.01. The van der Waals surface area contributed by atoms with Gasteiger partial charge >= 0.3 is 5.97 Å². The molecule has 0 aromatic rings. The summed E-state index contributed by atoms with van der Waals surface area (Å²) in [5.41, 5.74) is -3.36. The fourth-order valence-corrected chi connectivity index (χ4v) is 10.1. The van der Waals surface area contributed by atoms with E-state index in [0.29, 0.717) is 30.6 Å². The number of ether oxygens (including phenoxy) is 3. The van der Waals surface area contributed by atoms with Gasteiger partial charge in [-0.1, -0.05) is 26.0 Å². The molecule has 202 valence electrons. The van der Waals surface area contributed by atoms with Crippen LogP contribution in [-0.4, -0.2) is 62.2 Å². The molecule has 6 rings (SSSR count). The Balaban J connectivity index is 1.40. The molecule has 2 aliphatic heterocycles. The van der Waals surface area contributed by atoms with Crippen LogP contribution in [0.5, 0.6) is 0 Å². The van der Waals surface area contributed by atoms with Crippen LogP contribution >= 0.6 is 0 Å². The van der Waals surface area contributed by atoms with Gasteiger partial charge in [-0.3, -0.25) is 4.79 Å². The number of carbonyl (C=O) groups is 1. The normalized spacial score (nSPS) is 57.4. The second kappa shape index (κ2) is 7.35. The van der Waals surface area contributed by atoms with Crippen LogP contribution in [0.3, 0.4) is 0 Å². The quantitative estimate of drug-likeness (QED) is 0.391. The van der Waals surface area contributed by atoms with Gasteiger partial charge in [0.1, 0.15) is 17.3 Å². The van der Waals surface area contributed by atoms with E-state index in [4.69, 9.17) is 14.2 Å². The zero-order valence-electron chi connectivity index (χ0n) is 22.6. The molecule has 0 unspecified atom stereocenters. The number of aliphatic hydroxyl groups excluding tert-OH is 1. The molecule has 7 nitrogen and oxygen atoms in total. The van der Waals surface area contributed by atoms with Crippen LogP contribution in [0.15, 0.2) is 12.2 Å². The Morgan fingerprint density at radius 2 is 1.83 bits per heavy atom. The van der Waals surface area contributed by atoms with Gasteiger partial charge in [0.25, 0.3) is 0 Å². The minimum Gasteiger partial charge on any atom is -0.459 e. The highest BCUT2D eigenvalue weighted by molar-refractivity contribution is 5.66. The number of esters is 1. The van der Waals surface area contributed by atoms with Crippen molar-refractivity contribution < 1.29 is 34.3 Å². The smallest absolute Gasteiger partial charge is 0.303 e. The van der Waals surface area contributed by atoms with E-state index in [2.05, 4.69) is 26.8 Å². The van der Waals surface area contributed by atoms with Crippen molar-refractivity contribution in [2.45, 2.75) is 127 Å². The Morgan fingerprint density at radius 3 is 2.50 bits per heavy atom. The van der Waals surface area contributed by atoms with E-state index in [0.717, 1.165) is 32.1 Å². The molecule has 6 aliphatic rings. The largest absolute Gasteiger partial charge is 0.459 e. The number of hydrogen-bond acceptors (Lipinski definition) is 7. The molecule has 12 atom stereocenters. The number of hydrogen-bond donors (Lipinski definition) is 3. The lowest BCUT2D eigenvalue weighted by Gasteiger charge is -2.62. The molecule has 5 fully saturated rings. The Hall–Kier alpha value is -0.990. The standard InChI is InChI=1S/C29H44O7/c1-16(30)34-22-15-29(24(2,3)32)35-21-13-20-18-8-12-28(33)14-17(31)7-11-26(28,5)19(18)9-10-25(20,4)23(21)27(22,6)36-29/h8,12,17-23,31-33H,7,9-11,13-15H2,1-6H3/t17-,18+,19-,20-,21-,22-,23-,25-,26+,27-,28+,29-/m0/s1. The van der Waals surface area contributed by atoms with Crippen LogP contribution in [0.2, 0.25) is 0 Å². The predicted molar refractivity (Wildman–Crippen MR) is 132 cm³/mol. The maximum Gasteiger partial charge on any atom is 0.303 e. The van der Waals surface area contributed by atoms with Gasteiger partial charge in [0, 0.05) is 31.1 Å². The summed E-state index contributed by atoms with van der Waals surface area (Å²) in [5.74, 6) is -0.589. The number of carbonyl (C=O) groups excluding carboxylic acids is 1. The SMILES string of the molecule is CC(=O)O[C@H]1C[C@]2(C(C)(C)O)O[C@H]3C[C@H]4[C@@H]5C=C[C@@]6(O)C[C@@H](O)CC[C@]6(C)[C@H]5CC[C@]4(C)[C@H]3[C@@]1(C)O2. The number of rotatable bonds is 2. The van der Waals surface area contributed by atoms with Crippen molar-refractivity contribution in [3.8, 4) is 0 Å². The van der Waals surface area contributed by atoms with Crippen molar-refractivity contribution in [3.63, 3.8) is 0 Å². The topological polar surface area (TPSA) is 105 Å². The molecular formula is C29H44O7. The summed E-state index contributed by atoms with van der Waals surface area (Å²) >= 11 is 0. The second-order valence-corrected chi connectivity index (χ2v) is 14.2. The molecule has 3 N–H and O–H groups in total. The minimum absolute atomic E-state index is 0.0217. The number of aliphatic hydroxyl groups is 3. The molecule has 2 saturated heterocycles. The molecule has 0 aromatic heterocycles. The maximum atomic E-state index is 12.1. The molecule has 0 aromatic carbocycles. The third-order valence-electron chi connectivity index (χ3n) is 12.0. The fraction of sp³-hybridized carbons (Fsp3) is 0.897. The molecule has 0 spiro atoms. The molecule has 0 amide bonds. The van der Waals surface area contributed by atoms with E-state index >= 15 is 0 Å². The first-order chi connectivity index (χ1) is 16.6. The van der Waals surface area contributed by atoms with Gasteiger partial charge in [0.15, 0.2) is 0 Å². The van der Waals surface area contributed by atoms with E-state index in [1.807, 2.05) is 6.08 Å². The number of allylic oxidation sites excluding steroid dienone is 1. The summed E-state index contributed by atoms with van der Waals surface area (Å²) < 4.78 is 19.3. The van der Waals surface area contributed by atoms with Crippen molar-refractivity contribution in [3.05, 3.63) is 12.2 Å². The Kier molecular flexibility index (Phi) is 5.16. The first-order valence-corrected chi connectivity index (χ1v) is 14.0. The van der Waals surface area contributed by atoms with E-state index < -0.39 is 34.8 Å². The first-order valence-electron chi connectivity index (χ1n) is 14.0. The summed E-state index contributed by atoms with van der Waals surface area (Å²) in [6.45, 7) is 11.5. The number of fused-ring (bicyclic) bond motifs is 10. The summed E-state index contributed by atoms with van der Waals surface area (Å²) in [7, 11) is 0. The summed E-state index contributed by atoms with van der Waals surface area (Å²) in [4.78, 5) is 12.1. The molecule has 36 heavy (non-hydrogen) atoms. The second-order valence-electron chi connectivity index (χ2n) is 14.2. The fourth-order valence-electron chi connectivity index (χ4n) is 10.1. The van der Waals surface area contributed by atoms with Crippen molar-refractivity contribution in [2.75, 3.05) is 0 Å².